The first-order valence-corrected chi connectivity index (χ1v) is 9.94. The molecule has 2 unspecified atom stereocenters. The Bertz CT molecular complexity index is 682. The van der Waals surface area contributed by atoms with E-state index in [0.29, 0.717) is 25.1 Å². The molecule has 0 saturated carbocycles. The smallest absolute Gasteiger partial charge is 0.311 e. The summed E-state index contributed by atoms with van der Waals surface area (Å²) in [6.07, 6.45) is 3.68. The van der Waals surface area contributed by atoms with Crippen molar-refractivity contribution in [3.8, 4) is 0 Å². The molecule has 1 aromatic rings. The summed E-state index contributed by atoms with van der Waals surface area (Å²) >= 11 is 0. The Morgan fingerprint density at radius 3 is 2.29 bits per heavy atom. The van der Waals surface area contributed by atoms with Crippen LogP contribution in [0.1, 0.15) is 57.8 Å². The Hall–Kier alpha value is -2.44. The number of pyridine rings is 1. The highest BCUT2D eigenvalue weighted by atomic mass is 16.5. The molecule has 0 aliphatic carbocycles. The number of carbonyl (C=O) groups is 3. The summed E-state index contributed by atoms with van der Waals surface area (Å²) in [7, 11) is 0. The molecule has 7 heteroatoms. The summed E-state index contributed by atoms with van der Waals surface area (Å²) in [5, 5.41) is 0. The monoisotopic (exact) mass is 389 g/mol. The topological polar surface area (TPSA) is 79.8 Å². The minimum absolute atomic E-state index is 0.0248. The first-order valence-electron chi connectivity index (χ1n) is 9.94. The van der Waals surface area contributed by atoms with Crippen LogP contribution in [0.25, 0.3) is 0 Å². The van der Waals surface area contributed by atoms with Crippen LogP contribution in [0.15, 0.2) is 24.5 Å². The molecule has 2 rings (SSSR count). The minimum atomic E-state index is -0.844. The maximum Gasteiger partial charge on any atom is 0.311 e. The van der Waals surface area contributed by atoms with Gasteiger partial charge in [-0.1, -0.05) is 0 Å². The quantitative estimate of drug-likeness (QED) is 0.699. The number of carbonyl (C=O) groups excluding carboxylic acids is 3. The van der Waals surface area contributed by atoms with Crippen molar-refractivity contribution < 1.29 is 19.1 Å². The molecule has 0 spiro atoms. The van der Waals surface area contributed by atoms with Gasteiger partial charge in [-0.05, 0) is 59.6 Å². The molecular weight excluding hydrogens is 358 g/mol. The maximum atomic E-state index is 12.7. The summed E-state index contributed by atoms with van der Waals surface area (Å²) in [5.41, 5.74) is 0.553. The van der Waals surface area contributed by atoms with E-state index in [1.54, 1.807) is 41.2 Å². The number of ether oxygens (including phenoxy) is 1. The SMILES string of the molecule is CC(OC(=O)C1CCCN(C(=O)c2ccncc2)C1)C(=O)N(C(C)C)C(C)C. The maximum absolute atomic E-state index is 12.7. The molecule has 2 amide bonds. The molecule has 1 aliphatic rings. The molecule has 154 valence electrons. The van der Waals surface area contributed by atoms with Crippen molar-refractivity contribution in [2.24, 2.45) is 5.92 Å². The van der Waals surface area contributed by atoms with E-state index in [1.165, 1.54) is 0 Å². The lowest BCUT2D eigenvalue weighted by Crippen LogP contribution is -2.48. The fourth-order valence-electron chi connectivity index (χ4n) is 3.67. The minimum Gasteiger partial charge on any atom is -0.452 e. The van der Waals surface area contributed by atoms with Crippen molar-refractivity contribution >= 4 is 17.8 Å². The van der Waals surface area contributed by atoms with Crippen molar-refractivity contribution in [1.82, 2.24) is 14.8 Å². The van der Waals surface area contributed by atoms with Crippen LogP contribution in [0.5, 0.6) is 0 Å². The largest absolute Gasteiger partial charge is 0.452 e. The van der Waals surface area contributed by atoms with Crippen LogP contribution in [-0.4, -0.2) is 63.8 Å². The van der Waals surface area contributed by atoms with Crippen LogP contribution in [0, 0.1) is 5.92 Å². The number of rotatable bonds is 6. The van der Waals surface area contributed by atoms with E-state index in [9.17, 15) is 14.4 Å². The standard InChI is InChI=1S/C21H31N3O4/c1-14(2)24(15(3)4)19(25)16(5)28-21(27)18-7-6-12-23(13-18)20(26)17-8-10-22-11-9-17/h8-11,14-16,18H,6-7,12-13H2,1-5H3. The third-order valence-electron chi connectivity index (χ3n) is 4.98. The molecule has 0 N–H and O–H groups in total. The number of hydrogen-bond donors (Lipinski definition) is 0. The summed E-state index contributed by atoms with van der Waals surface area (Å²) in [5.74, 6) is -1.14. The van der Waals surface area contributed by atoms with E-state index in [-0.39, 0.29) is 23.9 Å². The average molecular weight is 389 g/mol. The number of hydrogen-bond acceptors (Lipinski definition) is 5. The van der Waals surface area contributed by atoms with Crippen molar-refractivity contribution in [1.29, 1.82) is 0 Å². The van der Waals surface area contributed by atoms with Gasteiger partial charge >= 0.3 is 5.97 Å². The van der Waals surface area contributed by atoms with E-state index in [2.05, 4.69) is 4.98 Å². The molecule has 0 aromatic carbocycles. The fraction of sp³-hybridized carbons (Fsp3) is 0.619. The molecule has 28 heavy (non-hydrogen) atoms. The number of aromatic nitrogens is 1. The van der Waals surface area contributed by atoms with Gasteiger partial charge in [0.25, 0.3) is 11.8 Å². The van der Waals surface area contributed by atoms with Crippen LogP contribution >= 0.6 is 0 Å². The summed E-state index contributed by atoms with van der Waals surface area (Å²) in [6, 6.07) is 3.38. The molecule has 1 aromatic heterocycles. The summed E-state index contributed by atoms with van der Waals surface area (Å²) < 4.78 is 5.49. The number of amides is 2. The van der Waals surface area contributed by atoms with Gasteiger partial charge in [0.1, 0.15) is 0 Å². The number of likely N-dealkylation sites (tertiary alicyclic amines) is 1. The first kappa shape index (κ1) is 21.9. The van der Waals surface area contributed by atoms with Crippen molar-refractivity contribution in [2.75, 3.05) is 13.1 Å². The van der Waals surface area contributed by atoms with Gasteiger partial charge in [0.15, 0.2) is 6.10 Å². The van der Waals surface area contributed by atoms with Gasteiger partial charge in [-0.3, -0.25) is 19.4 Å². The van der Waals surface area contributed by atoms with Gasteiger partial charge in [0.05, 0.1) is 5.92 Å². The van der Waals surface area contributed by atoms with Crippen LogP contribution in [-0.2, 0) is 14.3 Å². The Balaban J connectivity index is 1.98. The zero-order chi connectivity index (χ0) is 20.8. The Morgan fingerprint density at radius 2 is 1.71 bits per heavy atom. The summed E-state index contributed by atoms with van der Waals surface area (Å²) in [6.45, 7) is 10.3. The second-order valence-electron chi connectivity index (χ2n) is 7.84. The van der Waals surface area contributed by atoms with Crippen LogP contribution in [0.2, 0.25) is 0 Å². The van der Waals surface area contributed by atoms with E-state index >= 15 is 0 Å². The molecule has 2 atom stereocenters. The predicted octanol–water partition coefficient (Wildman–Crippen LogP) is 2.51. The first-order chi connectivity index (χ1) is 13.2. The van der Waals surface area contributed by atoms with E-state index < -0.39 is 18.0 Å². The Kier molecular flexibility index (Phi) is 7.54. The molecule has 1 fully saturated rings. The van der Waals surface area contributed by atoms with Crippen molar-refractivity contribution in [2.45, 2.75) is 65.6 Å². The molecule has 7 nitrogen and oxygen atoms in total. The third-order valence-corrected chi connectivity index (χ3v) is 4.98. The zero-order valence-corrected chi connectivity index (χ0v) is 17.4. The van der Waals surface area contributed by atoms with Crippen LogP contribution in [0.4, 0.5) is 0 Å². The van der Waals surface area contributed by atoms with E-state index in [1.807, 2.05) is 27.7 Å². The van der Waals surface area contributed by atoms with E-state index in [0.717, 1.165) is 6.42 Å². The van der Waals surface area contributed by atoms with Gasteiger partial charge in [-0.25, -0.2) is 0 Å². The average Bonchev–Trinajstić information content (AvgIpc) is 2.67. The molecular formula is C21H31N3O4. The highest BCUT2D eigenvalue weighted by Gasteiger charge is 2.33. The second-order valence-corrected chi connectivity index (χ2v) is 7.84. The molecule has 2 heterocycles. The number of esters is 1. The van der Waals surface area contributed by atoms with Gasteiger partial charge in [0, 0.05) is 43.1 Å². The Labute approximate surface area is 167 Å². The lowest BCUT2D eigenvalue weighted by molar-refractivity contribution is -0.165. The molecule has 1 saturated heterocycles. The number of piperidine rings is 1. The predicted molar refractivity (Wildman–Crippen MR) is 106 cm³/mol. The van der Waals surface area contributed by atoms with E-state index in [4.69, 9.17) is 4.74 Å². The van der Waals surface area contributed by atoms with Crippen LogP contribution < -0.4 is 0 Å². The van der Waals surface area contributed by atoms with Crippen molar-refractivity contribution in [3.05, 3.63) is 30.1 Å². The normalized spacial score (nSPS) is 18.1. The summed E-state index contributed by atoms with van der Waals surface area (Å²) in [4.78, 5) is 45.3. The van der Waals surface area contributed by atoms with Gasteiger partial charge in [0.2, 0.25) is 0 Å². The lowest BCUT2D eigenvalue weighted by atomic mass is 9.97. The van der Waals surface area contributed by atoms with Crippen molar-refractivity contribution in [3.63, 3.8) is 0 Å². The number of nitrogens with zero attached hydrogens (tertiary/aromatic N) is 3. The molecule has 0 bridgehead atoms. The highest BCUT2D eigenvalue weighted by Crippen LogP contribution is 2.21. The lowest BCUT2D eigenvalue weighted by Gasteiger charge is -2.34. The van der Waals surface area contributed by atoms with Gasteiger partial charge < -0.3 is 14.5 Å². The fourth-order valence-corrected chi connectivity index (χ4v) is 3.67. The zero-order valence-electron chi connectivity index (χ0n) is 17.4. The molecule has 0 radical (unpaired) electrons. The van der Waals surface area contributed by atoms with Crippen LogP contribution in [0.3, 0.4) is 0 Å². The second kappa shape index (κ2) is 9.66. The highest BCUT2D eigenvalue weighted by molar-refractivity contribution is 5.94. The molecule has 1 aliphatic heterocycles. The van der Waals surface area contributed by atoms with Gasteiger partial charge in [-0.2, -0.15) is 0 Å². The third kappa shape index (κ3) is 5.30. The Morgan fingerprint density at radius 1 is 1.11 bits per heavy atom. The van der Waals surface area contributed by atoms with Gasteiger partial charge in [-0.15, -0.1) is 0 Å².